The molecule has 0 aliphatic carbocycles. The quantitative estimate of drug-likeness (QED) is 0.677. The summed E-state index contributed by atoms with van der Waals surface area (Å²) in [7, 11) is 0. The fraction of sp³-hybridized carbons (Fsp3) is 0.0714. The Hall–Kier alpha value is -1.51. The lowest BCUT2D eigenvalue weighted by atomic mass is 10.2. The number of rotatable bonds is 1. The summed E-state index contributed by atoms with van der Waals surface area (Å²) < 4.78 is 0. The molecule has 3 aromatic rings. The number of aromatic amines is 1. The average Bonchev–Trinajstić information content (AvgIpc) is 2.73. The van der Waals surface area contributed by atoms with Gasteiger partial charge >= 0.3 is 0 Å². The summed E-state index contributed by atoms with van der Waals surface area (Å²) in [6.45, 7) is 2.04. The van der Waals surface area contributed by atoms with E-state index in [9.17, 15) is 0 Å². The highest BCUT2D eigenvalue weighted by Gasteiger charge is 2.08. The van der Waals surface area contributed by atoms with E-state index in [0.717, 1.165) is 28.0 Å². The van der Waals surface area contributed by atoms with Crippen molar-refractivity contribution in [3.8, 4) is 11.4 Å². The first-order chi connectivity index (χ1) is 8.63. The standard InChI is InChI=1S/C14H10Cl2N2/c1-8-3-2-4-12-13(8)18-14(17-12)9-5-10(15)7-11(16)6-9/h2-7H,1H3,(H,17,18). The summed E-state index contributed by atoms with van der Waals surface area (Å²) in [5, 5.41) is 1.21. The molecule has 0 aliphatic rings. The van der Waals surface area contributed by atoms with Gasteiger partial charge < -0.3 is 4.98 Å². The molecule has 3 rings (SSSR count). The maximum Gasteiger partial charge on any atom is 0.138 e. The Morgan fingerprint density at radius 3 is 2.44 bits per heavy atom. The normalized spacial score (nSPS) is 11.1. The molecular formula is C14H10Cl2N2. The molecule has 2 aromatic carbocycles. The molecule has 18 heavy (non-hydrogen) atoms. The minimum Gasteiger partial charge on any atom is -0.338 e. The molecule has 2 nitrogen and oxygen atoms in total. The molecule has 90 valence electrons. The van der Waals surface area contributed by atoms with E-state index in [1.54, 1.807) is 6.07 Å². The van der Waals surface area contributed by atoms with E-state index in [0.29, 0.717) is 10.0 Å². The Morgan fingerprint density at radius 2 is 1.78 bits per heavy atom. The molecule has 0 unspecified atom stereocenters. The van der Waals surface area contributed by atoms with E-state index in [2.05, 4.69) is 9.97 Å². The van der Waals surface area contributed by atoms with Crippen molar-refractivity contribution in [3.63, 3.8) is 0 Å². The van der Waals surface area contributed by atoms with Crippen LogP contribution in [0.4, 0.5) is 0 Å². The molecule has 1 heterocycles. The van der Waals surface area contributed by atoms with Gasteiger partial charge in [-0.1, -0.05) is 35.3 Å². The fourth-order valence-corrected chi connectivity index (χ4v) is 2.53. The topological polar surface area (TPSA) is 28.7 Å². The maximum atomic E-state index is 6.00. The summed E-state index contributed by atoms with van der Waals surface area (Å²) in [6, 6.07) is 11.5. The largest absolute Gasteiger partial charge is 0.338 e. The zero-order valence-corrected chi connectivity index (χ0v) is 11.2. The third-order valence-electron chi connectivity index (χ3n) is 2.85. The lowest BCUT2D eigenvalue weighted by Crippen LogP contribution is -1.80. The van der Waals surface area contributed by atoms with Gasteiger partial charge in [-0.3, -0.25) is 0 Å². The van der Waals surface area contributed by atoms with E-state index in [1.807, 2.05) is 37.3 Å². The zero-order chi connectivity index (χ0) is 12.7. The number of aryl methyl sites for hydroxylation is 1. The Bertz CT molecular complexity index is 711. The van der Waals surface area contributed by atoms with Crippen molar-refractivity contribution in [2.45, 2.75) is 6.92 Å². The third kappa shape index (κ3) is 1.98. The van der Waals surface area contributed by atoms with Crippen LogP contribution in [0.25, 0.3) is 22.4 Å². The Labute approximate surface area is 115 Å². The van der Waals surface area contributed by atoms with Crippen LogP contribution in [0.3, 0.4) is 0 Å². The van der Waals surface area contributed by atoms with Gasteiger partial charge in [0.05, 0.1) is 11.0 Å². The van der Waals surface area contributed by atoms with Gasteiger partial charge in [0.15, 0.2) is 0 Å². The van der Waals surface area contributed by atoms with Crippen molar-refractivity contribution in [2.24, 2.45) is 0 Å². The van der Waals surface area contributed by atoms with Gasteiger partial charge in [-0.2, -0.15) is 0 Å². The smallest absolute Gasteiger partial charge is 0.138 e. The van der Waals surface area contributed by atoms with Crippen molar-refractivity contribution in [3.05, 3.63) is 52.0 Å². The SMILES string of the molecule is Cc1cccc2[nH]c(-c3cc(Cl)cc(Cl)c3)nc12. The number of imidazole rings is 1. The molecule has 1 N–H and O–H groups in total. The monoisotopic (exact) mass is 276 g/mol. The van der Waals surface area contributed by atoms with Crippen molar-refractivity contribution in [2.75, 3.05) is 0 Å². The summed E-state index contributed by atoms with van der Waals surface area (Å²) in [4.78, 5) is 7.87. The highest BCUT2D eigenvalue weighted by Crippen LogP contribution is 2.27. The number of aromatic nitrogens is 2. The van der Waals surface area contributed by atoms with E-state index < -0.39 is 0 Å². The van der Waals surface area contributed by atoms with Gasteiger partial charge in [-0.05, 0) is 36.8 Å². The first-order valence-electron chi connectivity index (χ1n) is 5.55. The number of halogens is 2. The molecule has 0 fully saturated rings. The van der Waals surface area contributed by atoms with Crippen LogP contribution in [-0.2, 0) is 0 Å². The van der Waals surface area contributed by atoms with E-state index >= 15 is 0 Å². The Morgan fingerprint density at radius 1 is 1.06 bits per heavy atom. The molecule has 1 aromatic heterocycles. The minimum absolute atomic E-state index is 0.606. The van der Waals surface area contributed by atoms with Gasteiger partial charge in [-0.15, -0.1) is 0 Å². The predicted octanol–water partition coefficient (Wildman–Crippen LogP) is 4.85. The number of para-hydroxylation sites is 1. The fourth-order valence-electron chi connectivity index (χ4n) is 2.00. The van der Waals surface area contributed by atoms with Crippen LogP contribution < -0.4 is 0 Å². The lowest BCUT2D eigenvalue weighted by molar-refractivity contribution is 1.33. The molecule has 0 radical (unpaired) electrons. The predicted molar refractivity (Wildman–Crippen MR) is 76.3 cm³/mol. The second kappa shape index (κ2) is 4.30. The highest BCUT2D eigenvalue weighted by atomic mass is 35.5. The average molecular weight is 277 g/mol. The summed E-state index contributed by atoms with van der Waals surface area (Å²) in [6.07, 6.45) is 0. The van der Waals surface area contributed by atoms with E-state index in [1.165, 1.54) is 0 Å². The van der Waals surface area contributed by atoms with Gasteiger partial charge in [0.25, 0.3) is 0 Å². The van der Waals surface area contributed by atoms with Crippen LogP contribution in [-0.4, -0.2) is 9.97 Å². The molecule has 0 atom stereocenters. The molecule has 0 saturated heterocycles. The highest BCUT2D eigenvalue weighted by molar-refractivity contribution is 6.35. The van der Waals surface area contributed by atoms with Crippen LogP contribution >= 0.6 is 23.2 Å². The molecule has 0 amide bonds. The first kappa shape index (κ1) is 11.6. The number of nitrogens with zero attached hydrogens (tertiary/aromatic N) is 1. The number of hydrogen-bond acceptors (Lipinski definition) is 1. The minimum atomic E-state index is 0.606. The first-order valence-corrected chi connectivity index (χ1v) is 6.31. The van der Waals surface area contributed by atoms with Gasteiger partial charge in [-0.25, -0.2) is 4.98 Å². The molecule has 0 bridgehead atoms. The number of benzene rings is 2. The van der Waals surface area contributed by atoms with Crippen molar-refractivity contribution in [1.29, 1.82) is 0 Å². The van der Waals surface area contributed by atoms with Crippen LogP contribution in [0.15, 0.2) is 36.4 Å². The van der Waals surface area contributed by atoms with Crippen LogP contribution in [0.5, 0.6) is 0 Å². The van der Waals surface area contributed by atoms with Gasteiger partial charge in [0.1, 0.15) is 5.82 Å². The molecule has 0 aliphatic heterocycles. The molecule has 0 saturated carbocycles. The molecular weight excluding hydrogens is 267 g/mol. The summed E-state index contributed by atoms with van der Waals surface area (Å²) in [5.41, 5.74) is 4.02. The molecule has 0 spiro atoms. The summed E-state index contributed by atoms with van der Waals surface area (Å²) in [5.74, 6) is 0.781. The van der Waals surface area contributed by atoms with Crippen LogP contribution in [0.2, 0.25) is 10.0 Å². The summed E-state index contributed by atoms with van der Waals surface area (Å²) >= 11 is 12.0. The third-order valence-corrected chi connectivity index (χ3v) is 3.29. The number of hydrogen-bond donors (Lipinski definition) is 1. The second-order valence-corrected chi connectivity index (χ2v) is 5.09. The van der Waals surface area contributed by atoms with Crippen LogP contribution in [0.1, 0.15) is 5.56 Å². The lowest BCUT2D eigenvalue weighted by Gasteiger charge is -1.99. The number of nitrogens with one attached hydrogen (secondary N) is 1. The Kier molecular flexibility index (Phi) is 2.77. The zero-order valence-electron chi connectivity index (χ0n) is 9.67. The van der Waals surface area contributed by atoms with Crippen LogP contribution in [0, 0.1) is 6.92 Å². The van der Waals surface area contributed by atoms with Crippen molar-refractivity contribution >= 4 is 34.2 Å². The van der Waals surface area contributed by atoms with E-state index in [4.69, 9.17) is 23.2 Å². The Balaban J connectivity index is 2.22. The number of H-pyrrole nitrogens is 1. The van der Waals surface area contributed by atoms with E-state index in [-0.39, 0.29) is 0 Å². The number of fused-ring (bicyclic) bond motifs is 1. The van der Waals surface area contributed by atoms with Crippen molar-refractivity contribution < 1.29 is 0 Å². The van der Waals surface area contributed by atoms with Gasteiger partial charge in [0.2, 0.25) is 0 Å². The molecule has 4 heteroatoms. The van der Waals surface area contributed by atoms with Crippen molar-refractivity contribution in [1.82, 2.24) is 9.97 Å². The van der Waals surface area contributed by atoms with Gasteiger partial charge in [0, 0.05) is 15.6 Å². The second-order valence-electron chi connectivity index (χ2n) is 4.21. The maximum absolute atomic E-state index is 6.00.